The summed E-state index contributed by atoms with van der Waals surface area (Å²) in [6.45, 7) is 8.23. The molecule has 1 aromatic rings. The molecule has 0 aliphatic rings. The number of esters is 1. The summed E-state index contributed by atoms with van der Waals surface area (Å²) in [6.07, 6.45) is 12.6. The maximum Gasteiger partial charge on any atom is 0.335 e. The van der Waals surface area contributed by atoms with Crippen LogP contribution in [-0.2, 0) is 4.79 Å². The van der Waals surface area contributed by atoms with Crippen molar-refractivity contribution >= 4 is 11.9 Å². The highest BCUT2D eigenvalue weighted by Gasteiger charge is 2.13. The van der Waals surface area contributed by atoms with Gasteiger partial charge in [-0.1, -0.05) is 71.6 Å². The quantitative estimate of drug-likeness (QED) is 0.214. The van der Waals surface area contributed by atoms with Crippen molar-refractivity contribution in [2.45, 2.75) is 98.3 Å². The highest BCUT2D eigenvalue weighted by Crippen LogP contribution is 2.24. The molecule has 0 spiro atoms. The van der Waals surface area contributed by atoms with E-state index >= 15 is 0 Å². The molecule has 0 amide bonds. The van der Waals surface area contributed by atoms with Gasteiger partial charge in [0.05, 0.1) is 5.56 Å². The largest absolute Gasteiger partial charge is 0.478 e. The van der Waals surface area contributed by atoms with E-state index in [0.29, 0.717) is 12.2 Å². The number of carboxylic acid groups (broad SMARTS) is 1. The van der Waals surface area contributed by atoms with Gasteiger partial charge in [0.1, 0.15) is 5.75 Å². The zero-order chi connectivity index (χ0) is 20.9. The van der Waals surface area contributed by atoms with Crippen molar-refractivity contribution in [3.63, 3.8) is 0 Å². The number of unbranched alkanes of at least 4 members (excludes halogenated alkanes) is 8. The number of carbonyl (C=O) groups is 2. The van der Waals surface area contributed by atoms with Gasteiger partial charge < -0.3 is 9.84 Å². The van der Waals surface area contributed by atoms with Gasteiger partial charge in [0.15, 0.2) is 0 Å². The van der Waals surface area contributed by atoms with E-state index in [1.807, 2.05) is 13.8 Å². The van der Waals surface area contributed by atoms with Crippen LogP contribution in [0.15, 0.2) is 12.1 Å². The van der Waals surface area contributed by atoms with E-state index in [0.717, 1.165) is 36.3 Å². The SMILES string of the molecule is Cc1cc(C(=O)O)cc(OC(=O)CCCCCCCCCCCC(C)C)c1C. The Hall–Kier alpha value is -1.84. The molecule has 0 unspecified atom stereocenters. The molecule has 1 rings (SSSR count). The molecule has 4 nitrogen and oxygen atoms in total. The van der Waals surface area contributed by atoms with E-state index in [2.05, 4.69) is 13.8 Å². The molecule has 0 aliphatic heterocycles. The minimum absolute atomic E-state index is 0.148. The van der Waals surface area contributed by atoms with Crippen molar-refractivity contribution in [3.05, 3.63) is 28.8 Å². The fourth-order valence-corrected chi connectivity index (χ4v) is 3.29. The summed E-state index contributed by atoms with van der Waals surface area (Å²) in [7, 11) is 0. The minimum Gasteiger partial charge on any atom is -0.478 e. The molecule has 1 N–H and O–H groups in total. The maximum absolute atomic E-state index is 12.1. The first-order valence-corrected chi connectivity index (χ1v) is 10.9. The molecule has 0 radical (unpaired) electrons. The van der Waals surface area contributed by atoms with Crippen molar-refractivity contribution in [1.82, 2.24) is 0 Å². The van der Waals surface area contributed by atoms with Crippen LogP contribution in [0.3, 0.4) is 0 Å². The van der Waals surface area contributed by atoms with Gasteiger partial charge in [-0.05, 0) is 49.4 Å². The van der Waals surface area contributed by atoms with Gasteiger partial charge in [-0.2, -0.15) is 0 Å². The molecule has 0 heterocycles. The van der Waals surface area contributed by atoms with Crippen LogP contribution in [0, 0.1) is 19.8 Å². The molecule has 0 fully saturated rings. The second-order valence-electron chi connectivity index (χ2n) is 8.31. The molecule has 0 aromatic heterocycles. The van der Waals surface area contributed by atoms with E-state index in [1.54, 1.807) is 6.07 Å². The first kappa shape index (κ1) is 24.2. The predicted octanol–water partition coefficient (Wildman–Crippen LogP) is 6.85. The zero-order valence-corrected chi connectivity index (χ0v) is 18.2. The molecule has 1 aromatic carbocycles. The third-order valence-corrected chi connectivity index (χ3v) is 5.25. The van der Waals surface area contributed by atoms with Gasteiger partial charge >= 0.3 is 11.9 Å². The van der Waals surface area contributed by atoms with E-state index in [9.17, 15) is 9.59 Å². The molecular formula is C24H38O4. The van der Waals surface area contributed by atoms with Crippen molar-refractivity contribution in [3.8, 4) is 5.75 Å². The van der Waals surface area contributed by atoms with E-state index in [4.69, 9.17) is 9.84 Å². The third-order valence-electron chi connectivity index (χ3n) is 5.25. The van der Waals surface area contributed by atoms with Crippen molar-refractivity contribution in [1.29, 1.82) is 0 Å². The number of rotatable bonds is 14. The molecule has 0 aliphatic carbocycles. The summed E-state index contributed by atoms with van der Waals surface area (Å²) in [6, 6.07) is 3.03. The van der Waals surface area contributed by atoms with Crippen LogP contribution in [0.4, 0.5) is 0 Å². The van der Waals surface area contributed by atoms with Gasteiger partial charge in [-0.25, -0.2) is 4.79 Å². The molecule has 0 saturated heterocycles. The molecule has 158 valence electrons. The van der Waals surface area contributed by atoms with Crippen molar-refractivity contribution in [2.75, 3.05) is 0 Å². The fraction of sp³-hybridized carbons (Fsp3) is 0.667. The number of carbonyl (C=O) groups excluding carboxylic acids is 1. The Morgan fingerprint density at radius 1 is 0.893 bits per heavy atom. The molecule has 0 bridgehead atoms. The summed E-state index contributed by atoms with van der Waals surface area (Å²) in [5.74, 6) is -0.115. The van der Waals surface area contributed by atoms with E-state index < -0.39 is 5.97 Å². The monoisotopic (exact) mass is 390 g/mol. The first-order chi connectivity index (χ1) is 13.3. The second-order valence-corrected chi connectivity index (χ2v) is 8.31. The normalized spacial score (nSPS) is 11.0. The summed E-state index contributed by atoms with van der Waals surface area (Å²) < 4.78 is 5.41. The van der Waals surface area contributed by atoms with Gasteiger partial charge in [0, 0.05) is 6.42 Å². The Morgan fingerprint density at radius 2 is 1.43 bits per heavy atom. The fourth-order valence-electron chi connectivity index (χ4n) is 3.29. The molecule has 28 heavy (non-hydrogen) atoms. The number of hydrogen-bond acceptors (Lipinski definition) is 3. The summed E-state index contributed by atoms with van der Waals surface area (Å²) in [5, 5.41) is 9.14. The Kier molecular flexibility index (Phi) is 11.5. The third kappa shape index (κ3) is 9.91. The minimum atomic E-state index is -1.01. The Labute approximate surface area is 170 Å². The van der Waals surface area contributed by atoms with Crippen LogP contribution in [-0.4, -0.2) is 17.0 Å². The molecule has 0 atom stereocenters. The summed E-state index contributed by atoms with van der Waals surface area (Å²) >= 11 is 0. The van der Waals surface area contributed by atoms with Gasteiger partial charge in [-0.3, -0.25) is 4.79 Å². The van der Waals surface area contributed by atoms with Crippen LogP contribution >= 0.6 is 0 Å². The number of aryl methyl sites for hydroxylation is 1. The number of ether oxygens (including phenoxy) is 1. The number of aromatic carboxylic acids is 1. The van der Waals surface area contributed by atoms with Gasteiger partial charge in [-0.15, -0.1) is 0 Å². The molecule has 0 saturated carbocycles. The molecule has 4 heteroatoms. The Bertz CT molecular complexity index is 619. The van der Waals surface area contributed by atoms with Crippen LogP contribution < -0.4 is 4.74 Å². The van der Waals surface area contributed by atoms with Crippen LogP contribution in [0.1, 0.15) is 106 Å². The number of carboxylic acids is 1. The highest BCUT2D eigenvalue weighted by atomic mass is 16.5. The lowest BCUT2D eigenvalue weighted by Gasteiger charge is -2.11. The lowest BCUT2D eigenvalue weighted by Crippen LogP contribution is -2.10. The van der Waals surface area contributed by atoms with Crippen molar-refractivity contribution in [2.24, 2.45) is 5.92 Å². The summed E-state index contributed by atoms with van der Waals surface area (Å²) in [5.41, 5.74) is 1.77. The van der Waals surface area contributed by atoms with Gasteiger partial charge in [0.2, 0.25) is 0 Å². The van der Waals surface area contributed by atoms with Crippen LogP contribution in [0.5, 0.6) is 5.75 Å². The van der Waals surface area contributed by atoms with Gasteiger partial charge in [0.25, 0.3) is 0 Å². The molecular weight excluding hydrogens is 352 g/mol. The van der Waals surface area contributed by atoms with Crippen molar-refractivity contribution < 1.29 is 19.4 Å². The Balaban J connectivity index is 2.16. The second kappa shape index (κ2) is 13.4. The summed E-state index contributed by atoms with van der Waals surface area (Å²) in [4.78, 5) is 23.2. The predicted molar refractivity (Wildman–Crippen MR) is 114 cm³/mol. The Morgan fingerprint density at radius 3 is 1.96 bits per heavy atom. The standard InChI is InChI=1S/C24H38O4/c1-18(2)14-12-10-8-6-5-7-9-11-13-15-23(25)28-22-17-21(24(26)27)16-19(3)20(22)4/h16-18H,5-15H2,1-4H3,(H,26,27). The average Bonchev–Trinajstić information content (AvgIpc) is 2.62. The average molecular weight is 391 g/mol. The van der Waals surface area contributed by atoms with Crippen LogP contribution in [0.25, 0.3) is 0 Å². The first-order valence-electron chi connectivity index (χ1n) is 10.9. The highest BCUT2D eigenvalue weighted by molar-refractivity contribution is 5.89. The van der Waals surface area contributed by atoms with E-state index in [1.165, 1.54) is 51.0 Å². The number of hydrogen-bond donors (Lipinski definition) is 1. The lowest BCUT2D eigenvalue weighted by molar-refractivity contribution is -0.134. The smallest absolute Gasteiger partial charge is 0.335 e. The zero-order valence-electron chi connectivity index (χ0n) is 18.2. The van der Waals surface area contributed by atoms with E-state index in [-0.39, 0.29) is 11.5 Å². The lowest BCUT2D eigenvalue weighted by atomic mass is 10.0. The maximum atomic E-state index is 12.1. The number of benzene rings is 1. The topological polar surface area (TPSA) is 63.6 Å². The van der Waals surface area contributed by atoms with Crippen LogP contribution in [0.2, 0.25) is 0 Å².